The normalized spacial score (nSPS) is 17.1. The van der Waals surface area contributed by atoms with Gasteiger partial charge in [-0.1, -0.05) is 6.07 Å². The van der Waals surface area contributed by atoms with E-state index in [0.717, 1.165) is 5.56 Å². The van der Waals surface area contributed by atoms with E-state index in [0.29, 0.717) is 31.3 Å². The first kappa shape index (κ1) is 13.1. The van der Waals surface area contributed by atoms with Crippen LogP contribution in [-0.4, -0.2) is 45.1 Å². The van der Waals surface area contributed by atoms with E-state index >= 15 is 0 Å². The largest absolute Gasteiger partial charge is 0.493 e. The third-order valence-corrected chi connectivity index (χ3v) is 2.87. The molecule has 1 heterocycles. The van der Waals surface area contributed by atoms with Crippen LogP contribution in [0.5, 0.6) is 11.5 Å². The van der Waals surface area contributed by atoms with Gasteiger partial charge in [-0.3, -0.25) is 0 Å². The molecule has 2 N–H and O–H groups in total. The molecule has 0 spiro atoms. The highest BCUT2D eigenvalue weighted by molar-refractivity contribution is 5.43. The SMILES string of the molecule is CNCC(O)c1ccc(OC)c(OC2COC2)c1. The Morgan fingerprint density at radius 3 is 2.78 bits per heavy atom. The fourth-order valence-electron chi connectivity index (χ4n) is 1.77. The Balaban J connectivity index is 2.15. The van der Waals surface area contributed by atoms with E-state index in [2.05, 4.69) is 5.32 Å². The van der Waals surface area contributed by atoms with Crippen LogP contribution in [0.25, 0.3) is 0 Å². The monoisotopic (exact) mass is 253 g/mol. The molecule has 1 saturated heterocycles. The van der Waals surface area contributed by atoms with Gasteiger partial charge in [0.2, 0.25) is 0 Å². The minimum absolute atomic E-state index is 0.0793. The lowest BCUT2D eigenvalue weighted by atomic mass is 10.1. The molecule has 1 aromatic carbocycles. The third-order valence-electron chi connectivity index (χ3n) is 2.87. The summed E-state index contributed by atoms with van der Waals surface area (Å²) in [5, 5.41) is 12.9. The standard InChI is InChI=1S/C13H19NO4/c1-14-6-11(15)9-3-4-12(16-2)13(5-9)18-10-7-17-8-10/h3-5,10-11,14-15H,6-8H2,1-2H3. The lowest BCUT2D eigenvalue weighted by Gasteiger charge is -2.27. The molecule has 5 heteroatoms. The van der Waals surface area contributed by atoms with Gasteiger partial charge >= 0.3 is 0 Å². The summed E-state index contributed by atoms with van der Waals surface area (Å²) in [6.45, 7) is 1.71. The Kier molecular flexibility index (Phi) is 4.41. The lowest BCUT2D eigenvalue weighted by molar-refractivity contribution is -0.0804. The molecule has 2 rings (SSSR count). The number of nitrogens with one attached hydrogen (secondary N) is 1. The average Bonchev–Trinajstić information content (AvgIpc) is 2.34. The third kappa shape index (κ3) is 2.93. The van der Waals surface area contributed by atoms with E-state index in [1.54, 1.807) is 14.2 Å². The number of hydrogen-bond donors (Lipinski definition) is 2. The van der Waals surface area contributed by atoms with E-state index in [4.69, 9.17) is 14.2 Å². The van der Waals surface area contributed by atoms with E-state index in [9.17, 15) is 5.11 Å². The van der Waals surface area contributed by atoms with Crippen LogP contribution < -0.4 is 14.8 Å². The van der Waals surface area contributed by atoms with E-state index in [1.165, 1.54) is 0 Å². The number of aliphatic hydroxyl groups excluding tert-OH is 1. The second-order valence-electron chi connectivity index (χ2n) is 4.26. The van der Waals surface area contributed by atoms with Gasteiger partial charge in [-0.25, -0.2) is 0 Å². The maximum Gasteiger partial charge on any atom is 0.162 e. The Morgan fingerprint density at radius 2 is 2.22 bits per heavy atom. The zero-order valence-corrected chi connectivity index (χ0v) is 10.7. The van der Waals surface area contributed by atoms with Crippen molar-refractivity contribution in [3.63, 3.8) is 0 Å². The van der Waals surface area contributed by atoms with Crippen LogP contribution >= 0.6 is 0 Å². The second kappa shape index (κ2) is 6.04. The summed E-state index contributed by atoms with van der Waals surface area (Å²) in [7, 11) is 3.40. The van der Waals surface area contributed by atoms with Crippen molar-refractivity contribution in [2.75, 3.05) is 33.9 Å². The van der Waals surface area contributed by atoms with E-state index in [1.807, 2.05) is 18.2 Å². The summed E-state index contributed by atoms with van der Waals surface area (Å²) in [6, 6.07) is 5.47. The molecule has 0 bridgehead atoms. The van der Waals surface area contributed by atoms with Gasteiger partial charge in [0.15, 0.2) is 11.5 Å². The molecule has 0 radical (unpaired) electrons. The van der Waals surface area contributed by atoms with Gasteiger partial charge < -0.3 is 24.6 Å². The number of benzene rings is 1. The topological polar surface area (TPSA) is 60.0 Å². The highest BCUT2D eigenvalue weighted by Gasteiger charge is 2.22. The van der Waals surface area contributed by atoms with Gasteiger partial charge in [0.05, 0.1) is 26.4 Å². The molecule has 1 aliphatic rings. The van der Waals surface area contributed by atoms with Crippen molar-refractivity contribution in [1.82, 2.24) is 5.32 Å². The van der Waals surface area contributed by atoms with Crippen molar-refractivity contribution in [3.05, 3.63) is 23.8 Å². The number of methoxy groups -OCH3 is 1. The van der Waals surface area contributed by atoms with Crippen LogP contribution in [0.15, 0.2) is 18.2 Å². The van der Waals surface area contributed by atoms with Crippen LogP contribution in [0.4, 0.5) is 0 Å². The van der Waals surface area contributed by atoms with Crippen molar-refractivity contribution in [1.29, 1.82) is 0 Å². The van der Waals surface area contributed by atoms with Gasteiger partial charge in [-0.05, 0) is 24.7 Å². The zero-order chi connectivity index (χ0) is 13.0. The first-order valence-corrected chi connectivity index (χ1v) is 5.99. The van der Waals surface area contributed by atoms with Crippen molar-refractivity contribution in [3.8, 4) is 11.5 Å². The van der Waals surface area contributed by atoms with Crippen LogP contribution in [-0.2, 0) is 4.74 Å². The van der Waals surface area contributed by atoms with Crippen LogP contribution in [0, 0.1) is 0 Å². The highest BCUT2D eigenvalue weighted by Crippen LogP contribution is 2.31. The molecule has 0 aliphatic carbocycles. The fourth-order valence-corrected chi connectivity index (χ4v) is 1.77. The van der Waals surface area contributed by atoms with Crippen molar-refractivity contribution in [2.45, 2.75) is 12.2 Å². The Labute approximate surface area is 107 Å². The van der Waals surface area contributed by atoms with Crippen molar-refractivity contribution >= 4 is 0 Å². The minimum atomic E-state index is -0.555. The summed E-state index contributed by atoms with van der Waals surface area (Å²) >= 11 is 0. The first-order chi connectivity index (χ1) is 8.74. The summed E-state index contributed by atoms with van der Waals surface area (Å²) in [5.74, 6) is 1.32. The van der Waals surface area contributed by atoms with Crippen LogP contribution in [0.1, 0.15) is 11.7 Å². The van der Waals surface area contributed by atoms with Crippen LogP contribution in [0.3, 0.4) is 0 Å². The number of ether oxygens (including phenoxy) is 3. The van der Waals surface area contributed by atoms with Gasteiger partial charge in [0, 0.05) is 6.54 Å². The fraction of sp³-hybridized carbons (Fsp3) is 0.538. The molecule has 1 aliphatic heterocycles. The van der Waals surface area contributed by atoms with Gasteiger partial charge in [0.1, 0.15) is 6.10 Å². The highest BCUT2D eigenvalue weighted by atomic mass is 16.6. The number of hydrogen-bond acceptors (Lipinski definition) is 5. The number of aliphatic hydroxyl groups is 1. The Morgan fingerprint density at radius 1 is 1.44 bits per heavy atom. The van der Waals surface area contributed by atoms with E-state index in [-0.39, 0.29) is 6.10 Å². The molecule has 1 aromatic rings. The molecule has 5 nitrogen and oxygen atoms in total. The zero-order valence-electron chi connectivity index (χ0n) is 10.7. The predicted octanol–water partition coefficient (Wildman–Crippen LogP) is 0.726. The number of rotatable bonds is 6. The van der Waals surface area contributed by atoms with Gasteiger partial charge in [-0.2, -0.15) is 0 Å². The maximum absolute atomic E-state index is 9.93. The summed E-state index contributed by atoms with van der Waals surface area (Å²) in [6.07, 6.45) is -0.475. The van der Waals surface area contributed by atoms with Gasteiger partial charge in [-0.15, -0.1) is 0 Å². The van der Waals surface area contributed by atoms with Crippen molar-refractivity contribution in [2.24, 2.45) is 0 Å². The molecule has 1 unspecified atom stereocenters. The molecule has 1 atom stereocenters. The summed E-state index contributed by atoms with van der Waals surface area (Å²) in [4.78, 5) is 0. The summed E-state index contributed by atoms with van der Waals surface area (Å²) in [5.41, 5.74) is 0.806. The molecule has 0 amide bonds. The molecule has 0 saturated carbocycles. The maximum atomic E-state index is 9.93. The minimum Gasteiger partial charge on any atom is -0.493 e. The van der Waals surface area contributed by atoms with Crippen LogP contribution in [0.2, 0.25) is 0 Å². The lowest BCUT2D eigenvalue weighted by Crippen LogP contribution is -2.38. The average molecular weight is 253 g/mol. The summed E-state index contributed by atoms with van der Waals surface area (Å²) < 4.78 is 16.1. The smallest absolute Gasteiger partial charge is 0.162 e. The van der Waals surface area contributed by atoms with Gasteiger partial charge in [0.25, 0.3) is 0 Å². The molecular weight excluding hydrogens is 234 g/mol. The second-order valence-corrected chi connectivity index (χ2v) is 4.26. The molecule has 100 valence electrons. The molecule has 1 fully saturated rings. The first-order valence-electron chi connectivity index (χ1n) is 5.99. The van der Waals surface area contributed by atoms with E-state index < -0.39 is 6.10 Å². The number of likely N-dealkylation sites (N-methyl/N-ethyl adjacent to an activating group) is 1. The van der Waals surface area contributed by atoms with Crippen molar-refractivity contribution < 1.29 is 19.3 Å². The molecule has 0 aromatic heterocycles. The molecular formula is C13H19NO4. The molecule has 18 heavy (non-hydrogen) atoms. The Bertz CT molecular complexity index is 393. The Hall–Kier alpha value is -1.30. The quantitative estimate of drug-likeness (QED) is 0.782. The predicted molar refractivity (Wildman–Crippen MR) is 67.1 cm³/mol.